The molecule has 0 unspecified atom stereocenters. The van der Waals surface area contributed by atoms with Crippen molar-refractivity contribution in [1.82, 2.24) is 24.7 Å². The topological polar surface area (TPSA) is 45.6 Å². The molecule has 6 nitrogen and oxygen atoms in total. The second-order valence-corrected chi connectivity index (χ2v) is 10.1. The van der Waals surface area contributed by atoms with Crippen molar-refractivity contribution in [2.45, 2.75) is 64.1 Å². The minimum atomic E-state index is 0.0691. The minimum Gasteiger partial charge on any atom is -0.379 e. The smallest absolute Gasteiger partial charge is 0.170 e. The molecule has 0 amide bonds. The summed E-state index contributed by atoms with van der Waals surface area (Å²) in [6, 6.07) is 9.48. The van der Waals surface area contributed by atoms with E-state index >= 15 is 0 Å². The van der Waals surface area contributed by atoms with Gasteiger partial charge in [0.2, 0.25) is 0 Å². The number of thiocarbonyl (C=S) groups is 1. The van der Waals surface area contributed by atoms with E-state index in [4.69, 9.17) is 21.9 Å². The number of nitrogens with one attached hydrogen (secondary N) is 1. The second kappa shape index (κ2) is 10.1. The van der Waals surface area contributed by atoms with Gasteiger partial charge in [0.05, 0.1) is 31.0 Å². The predicted molar refractivity (Wildman–Crippen MR) is 135 cm³/mol. The predicted octanol–water partition coefficient (Wildman–Crippen LogP) is 4.31. The second-order valence-electron chi connectivity index (χ2n) is 9.76. The van der Waals surface area contributed by atoms with Crippen molar-refractivity contribution in [3.63, 3.8) is 0 Å². The minimum absolute atomic E-state index is 0.0691. The molecule has 3 aliphatic rings. The first-order valence-electron chi connectivity index (χ1n) is 12.6. The van der Waals surface area contributed by atoms with E-state index in [1.54, 1.807) is 0 Å². The van der Waals surface area contributed by atoms with Gasteiger partial charge in [0.25, 0.3) is 0 Å². The van der Waals surface area contributed by atoms with Crippen LogP contribution in [0, 0.1) is 13.8 Å². The molecular formula is C26H37N5OS. The summed E-state index contributed by atoms with van der Waals surface area (Å²) in [5.41, 5.74) is 5.23. The van der Waals surface area contributed by atoms with Crippen molar-refractivity contribution in [3.8, 4) is 0 Å². The van der Waals surface area contributed by atoms with E-state index in [9.17, 15) is 0 Å². The number of rotatable bonds is 7. The van der Waals surface area contributed by atoms with E-state index in [2.05, 4.69) is 51.7 Å². The van der Waals surface area contributed by atoms with E-state index in [1.165, 1.54) is 42.6 Å². The lowest BCUT2D eigenvalue weighted by Gasteiger charge is -2.30. The fraction of sp³-hybridized carbons (Fsp3) is 0.615. The molecule has 178 valence electrons. The molecule has 5 rings (SSSR count). The standard InChI is InChI=1S/C26H37N5OS/c1-19-18-22(20(2)31(19)21-8-3-4-9-21)25-24(23-10-5-6-11-27-23)28-26(33)30(25)13-7-12-29-14-16-32-17-15-29/h5-6,10-11,18,21,24-25H,3-4,7-9,12-17H2,1-2H3,(H,28,33)/t24-,25-/m0/s1. The number of aryl methyl sites for hydroxylation is 1. The first-order valence-corrected chi connectivity index (χ1v) is 13.0. The Bertz CT molecular complexity index is 949. The Kier molecular flexibility index (Phi) is 6.99. The fourth-order valence-corrected chi connectivity index (χ4v) is 6.43. The summed E-state index contributed by atoms with van der Waals surface area (Å²) in [5.74, 6) is 0. The van der Waals surface area contributed by atoms with Gasteiger partial charge in [-0.1, -0.05) is 18.9 Å². The fourth-order valence-electron chi connectivity index (χ4n) is 6.10. The number of pyridine rings is 1. The molecule has 1 N–H and O–H groups in total. The summed E-state index contributed by atoms with van der Waals surface area (Å²) < 4.78 is 8.11. The molecular weight excluding hydrogens is 430 g/mol. The maximum absolute atomic E-state index is 5.90. The summed E-state index contributed by atoms with van der Waals surface area (Å²) in [6.07, 6.45) is 8.26. The maximum Gasteiger partial charge on any atom is 0.170 e. The highest BCUT2D eigenvalue weighted by molar-refractivity contribution is 7.80. The zero-order chi connectivity index (χ0) is 22.8. The number of morpholine rings is 1. The first-order chi connectivity index (χ1) is 16.1. The monoisotopic (exact) mass is 467 g/mol. The van der Waals surface area contributed by atoms with Crippen molar-refractivity contribution >= 4 is 17.3 Å². The molecule has 2 aliphatic heterocycles. The van der Waals surface area contributed by atoms with E-state index in [0.717, 1.165) is 56.6 Å². The van der Waals surface area contributed by atoms with Crippen molar-refractivity contribution in [2.24, 2.45) is 0 Å². The van der Waals surface area contributed by atoms with Gasteiger partial charge in [0.15, 0.2) is 5.11 Å². The number of nitrogens with zero attached hydrogens (tertiary/aromatic N) is 4. The summed E-state index contributed by atoms with van der Waals surface area (Å²) in [7, 11) is 0. The van der Waals surface area contributed by atoms with Gasteiger partial charge in [-0.05, 0) is 69.1 Å². The largest absolute Gasteiger partial charge is 0.379 e. The van der Waals surface area contributed by atoms with Crippen LogP contribution in [0.2, 0.25) is 0 Å². The highest BCUT2D eigenvalue weighted by atomic mass is 32.1. The molecule has 2 aromatic rings. The molecule has 2 aromatic heterocycles. The normalized spacial score (nSPS) is 24.5. The molecule has 0 aromatic carbocycles. The Morgan fingerprint density at radius 2 is 1.91 bits per heavy atom. The molecule has 0 spiro atoms. The zero-order valence-electron chi connectivity index (χ0n) is 20.0. The van der Waals surface area contributed by atoms with Gasteiger partial charge >= 0.3 is 0 Å². The number of hydrogen-bond acceptors (Lipinski definition) is 4. The Balaban J connectivity index is 1.43. The van der Waals surface area contributed by atoms with Crippen molar-refractivity contribution in [3.05, 3.63) is 53.1 Å². The Labute approximate surface area is 203 Å². The average Bonchev–Trinajstić information content (AvgIpc) is 3.54. The molecule has 1 saturated carbocycles. The highest BCUT2D eigenvalue weighted by Crippen LogP contribution is 2.42. The SMILES string of the molecule is Cc1cc([C@H]2[C@H](c3ccccn3)NC(=S)N2CCCN2CCOCC2)c(C)n1C1CCCC1. The molecule has 0 radical (unpaired) electrons. The van der Waals surface area contributed by atoms with Crippen LogP contribution in [0.4, 0.5) is 0 Å². The molecule has 4 heterocycles. The number of hydrogen-bond donors (Lipinski definition) is 1. The van der Waals surface area contributed by atoms with Crippen LogP contribution in [0.3, 0.4) is 0 Å². The van der Waals surface area contributed by atoms with Crippen molar-refractivity contribution < 1.29 is 4.74 Å². The van der Waals surface area contributed by atoms with Crippen LogP contribution in [0.25, 0.3) is 0 Å². The van der Waals surface area contributed by atoms with E-state index in [0.29, 0.717) is 6.04 Å². The third-order valence-corrected chi connectivity index (χ3v) is 8.06. The van der Waals surface area contributed by atoms with Gasteiger partial charge in [-0.25, -0.2) is 0 Å². The average molecular weight is 468 g/mol. The molecule has 3 fully saturated rings. The zero-order valence-corrected chi connectivity index (χ0v) is 20.8. The van der Waals surface area contributed by atoms with Crippen LogP contribution in [-0.2, 0) is 4.74 Å². The van der Waals surface area contributed by atoms with E-state index in [-0.39, 0.29) is 12.1 Å². The van der Waals surface area contributed by atoms with E-state index in [1.807, 2.05) is 12.3 Å². The molecule has 2 saturated heterocycles. The van der Waals surface area contributed by atoms with E-state index < -0.39 is 0 Å². The maximum atomic E-state index is 5.90. The third kappa shape index (κ3) is 4.68. The van der Waals surface area contributed by atoms with Crippen LogP contribution < -0.4 is 5.32 Å². The molecule has 33 heavy (non-hydrogen) atoms. The summed E-state index contributed by atoms with van der Waals surface area (Å²) >= 11 is 5.90. The molecule has 1 aliphatic carbocycles. The van der Waals surface area contributed by atoms with Crippen molar-refractivity contribution in [2.75, 3.05) is 39.4 Å². The lowest BCUT2D eigenvalue weighted by molar-refractivity contribution is 0.0365. The van der Waals surface area contributed by atoms with Gasteiger partial charge in [-0.2, -0.15) is 0 Å². The van der Waals surface area contributed by atoms with Crippen molar-refractivity contribution in [1.29, 1.82) is 0 Å². The summed E-state index contributed by atoms with van der Waals surface area (Å²) in [4.78, 5) is 9.65. The Hall–Kier alpha value is -1.96. The van der Waals surface area contributed by atoms with Crippen LogP contribution >= 0.6 is 12.2 Å². The molecule has 0 bridgehead atoms. The summed E-state index contributed by atoms with van der Waals surface area (Å²) in [5, 5.41) is 4.49. The lowest BCUT2D eigenvalue weighted by atomic mass is 9.96. The van der Waals surface area contributed by atoms with Crippen LogP contribution in [-0.4, -0.2) is 63.9 Å². The molecule has 2 atom stereocenters. The lowest BCUT2D eigenvalue weighted by Crippen LogP contribution is -2.39. The third-order valence-electron chi connectivity index (χ3n) is 7.71. The Morgan fingerprint density at radius 1 is 1.12 bits per heavy atom. The Morgan fingerprint density at radius 3 is 2.64 bits per heavy atom. The van der Waals surface area contributed by atoms with Gasteiger partial charge in [-0.15, -0.1) is 0 Å². The van der Waals surface area contributed by atoms with Crippen LogP contribution in [0.5, 0.6) is 0 Å². The van der Waals surface area contributed by atoms with Gasteiger partial charge < -0.3 is 19.5 Å². The van der Waals surface area contributed by atoms with Gasteiger partial charge in [0.1, 0.15) is 0 Å². The highest BCUT2D eigenvalue weighted by Gasteiger charge is 2.41. The number of ether oxygens (including phenoxy) is 1. The van der Waals surface area contributed by atoms with Crippen LogP contribution in [0.15, 0.2) is 30.5 Å². The van der Waals surface area contributed by atoms with Gasteiger partial charge in [0, 0.05) is 49.8 Å². The first kappa shape index (κ1) is 22.8. The molecule has 7 heteroatoms. The van der Waals surface area contributed by atoms with Crippen LogP contribution in [0.1, 0.15) is 72.9 Å². The summed E-state index contributed by atoms with van der Waals surface area (Å²) in [6.45, 7) is 10.4. The van der Waals surface area contributed by atoms with Gasteiger partial charge in [-0.3, -0.25) is 9.88 Å². The quantitative estimate of drug-likeness (QED) is 0.613. The number of aromatic nitrogens is 2.